The standard InChI is InChI=1S/C17H22N2O8S/c20-16(21)17(7-11-26-12-8-17)28(24,25)18-9-5-15(6-10-18)27-14-3-1-13(2-4-14)19(22)23/h1-4,15H,5-12H2,(H,20,21). The van der Waals surface area contributed by atoms with Crippen LogP contribution in [0.25, 0.3) is 0 Å². The fourth-order valence-electron chi connectivity index (χ4n) is 3.56. The summed E-state index contributed by atoms with van der Waals surface area (Å²) in [6, 6.07) is 5.69. The molecule has 2 heterocycles. The van der Waals surface area contributed by atoms with Gasteiger partial charge in [-0.05, 0) is 25.0 Å². The number of rotatable bonds is 6. The van der Waals surface area contributed by atoms with E-state index >= 15 is 0 Å². The number of nitro groups is 1. The molecule has 1 N–H and O–H groups in total. The van der Waals surface area contributed by atoms with Crippen molar-refractivity contribution in [3.05, 3.63) is 34.4 Å². The van der Waals surface area contributed by atoms with Gasteiger partial charge in [0.25, 0.3) is 5.69 Å². The zero-order valence-electron chi connectivity index (χ0n) is 15.2. The van der Waals surface area contributed by atoms with Gasteiger partial charge >= 0.3 is 5.97 Å². The third-order valence-electron chi connectivity index (χ3n) is 5.28. The number of nitro benzene ring substituents is 1. The first-order valence-electron chi connectivity index (χ1n) is 8.98. The Hall–Kier alpha value is -2.24. The van der Waals surface area contributed by atoms with Crippen LogP contribution in [0.15, 0.2) is 24.3 Å². The number of carbonyl (C=O) groups is 1. The molecule has 0 aliphatic carbocycles. The van der Waals surface area contributed by atoms with Crippen LogP contribution in [0, 0.1) is 10.1 Å². The highest BCUT2D eigenvalue weighted by Gasteiger charge is 2.54. The highest BCUT2D eigenvalue weighted by molar-refractivity contribution is 7.91. The molecule has 2 fully saturated rings. The second kappa shape index (κ2) is 8.02. The van der Waals surface area contributed by atoms with Gasteiger partial charge in [0.1, 0.15) is 11.9 Å². The lowest BCUT2D eigenvalue weighted by atomic mass is 9.99. The van der Waals surface area contributed by atoms with E-state index in [-0.39, 0.29) is 50.9 Å². The van der Waals surface area contributed by atoms with Gasteiger partial charge < -0.3 is 14.6 Å². The number of nitrogens with zero attached hydrogens (tertiary/aromatic N) is 2. The third-order valence-corrected chi connectivity index (χ3v) is 7.89. The minimum Gasteiger partial charge on any atom is -0.490 e. The first-order valence-corrected chi connectivity index (χ1v) is 10.4. The van der Waals surface area contributed by atoms with Gasteiger partial charge in [0.2, 0.25) is 10.0 Å². The predicted molar refractivity (Wildman–Crippen MR) is 97.7 cm³/mol. The van der Waals surface area contributed by atoms with Crippen molar-refractivity contribution < 1.29 is 32.7 Å². The average molecular weight is 414 g/mol. The Balaban J connectivity index is 1.64. The second-order valence-corrected chi connectivity index (χ2v) is 9.13. The van der Waals surface area contributed by atoms with E-state index in [1.807, 2.05) is 0 Å². The van der Waals surface area contributed by atoms with E-state index in [4.69, 9.17) is 9.47 Å². The highest BCUT2D eigenvalue weighted by atomic mass is 32.2. The molecule has 0 unspecified atom stereocenters. The molecule has 0 radical (unpaired) electrons. The van der Waals surface area contributed by atoms with Crippen LogP contribution in [-0.4, -0.2) is 65.9 Å². The van der Waals surface area contributed by atoms with Crippen LogP contribution in [0.5, 0.6) is 5.75 Å². The summed E-state index contributed by atoms with van der Waals surface area (Å²) in [6.45, 7) is 0.530. The monoisotopic (exact) mass is 414 g/mol. The highest BCUT2D eigenvalue weighted by Crippen LogP contribution is 2.34. The van der Waals surface area contributed by atoms with Gasteiger partial charge in [-0.3, -0.25) is 14.9 Å². The van der Waals surface area contributed by atoms with E-state index in [0.717, 1.165) is 0 Å². The lowest BCUT2D eigenvalue weighted by molar-refractivity contribution is -0.384. The van der Waals surface area contributed by atoms with E-state index in [2.05, 4.69) is 0 Å². The van der Waals surface area contributed by atoms with Crippen molar-refractivity contribution in [2.24, 2.45) is 0 Å². The normalized spacial score (nSPS) is 21.1. The first-order chi connectivity index (χ1) is 13.3. The molecule has 1 aromatic carbocycles. The van der Waals surface area contributed by atoms with Crippen molar-refractivity contribution in [3.63, 3.8) is 0 Å². The first kappa shape index (κ1) is 20.5. The van der Waals surface area contributed by atoms with E-state index in [9.17, 15) is 28.4 Å². The minimum absolute atomic E-state index is 0.0382. The lowest BCUT2D eigenvalue weighted by Gasteiger charge is -2.39. The maximum absolute atomic E-state index is 13.1. The fraction of sp³-hybridized carbons (Fsp3) is 0.588. The predicted octanol–water partition coefficient (Wildman–Crippen LogP) is 1.40. The molecular formula is C17H22N2O8S. The van der Waals surface area contributed by atoms with Crippen LogP contribution in [0.4, 0.5) is 5.69 Å². The number of non-ortho nitro benzene ring substituents is 1. The van der Waals surface area contributed by atoms with Crippen LogP contribution in [-0.2, 0) is 19.6 Å². The second-order valence-electron chi connectivity index (χ2n) is 6.88. The van der Waals surface area contributed by atoms with Gasteiger partial charge in [0.05, 0.1) is 4.92 Å². The molecule has 10 nitrogen and oxygen atoms in total. The molecule has 0 atom stereocenters. The van der Waals surface area contributed by atoms with Crippen molar-refractivity contribution in [1.29, 1.82) is 0 Å². The van der Waals surface area contributed by atoms with Crippen LogP contribution in [0.1, 0.15) is 25.7 Å². The Labute approximate surface area is 162 Å². The number of benzene rings is 1. The molecule has 2 saturated heterocycles. The zero-order valence-corrected chi connectivity index (χ0v) is 16.0. The number of hydrogen-bond donors (Lipinski definition) is 1. The molecule has 3 rings (SSSR count). The van der Waals surface area contributed by atoms with E-state index in [0.29, 0.717) is 18.6 Å². The van der Waals surface area contributed by atoms with Gasteiger partial charge in [-0.1, -0.05) is 0 Å². The lowest BCUT2D eigenvalue weighted by Crippen LogP contribution is -2.58. The van der Waals surface area contributed by atoms with Crippen molar-refractivity contribution in [2.75, 3.05) is 26.3 Å². The number of aliphatic carboxylic acids is 1. The van der Waals surface area contributed by atoms with Crippen molar-refractivity contribution in [1.82, 2.24) is 4.31 Å². The van der Waals surface area contributed by atoms with Gasteiger partial charge in [-0.2, -0.15) is 0 Å². The Kier molecular flexibility index (Phi) is 5.87. The van der Waals surface area contributed by atoms with Gasteiger partial charge in [0.15, 0.2) is 4.75 Å². The molecule has 154 valence electrons. The van der Waals surface area contributed by atoms with Crippen LogP contribution < -0.4 is 4.74 Å². The molecule has 0 saturated carbocycles. The number of ether oxygens (including phenoxy) is 2. The number of sulfonamides is 1. The summed E-state index contributed by atoms with van der Waals surface area (Å²) in [5.74, 6) is -0.863. The van der Waals surface area contributed by atoms with E-state index < -0.39 is 25.7 Å². The Morgan fingerprint density at radius 3 is 2.29 bits per heavy atom. The molecule has 1 aromatic rings. The zero-order chi connectivity index (χ0) is 20.4. The molecule has 0 aromatic heterocycles. The number of hydrogen-bond acceptors (Lipinski definition) is 7. The number of carboxylic acid groups (broad SMARTS) is 1. The summed E-state index contributed by atoms with van der Waals surface area (Å²) < 4.78 is 36.5. The van der Waals surface area contributed by atoms with Crippen molar-refractivity contribution in [3.8, 4) is 5.75 Å². The molecular weight excluding hydrogens is 392 g/mol. The molecule has 0 bridgehead atoms. The summed E-state index contributed by atoms with van der Waals surface area (Å²) >= 11 is 0. The van der Waals surface area contributed by atoms with Crippen LogP contribution in [0.3, 0.4) is 0 Å². The van der Waals surface area contributed by atoms with Crippen molar-refractivity contribution >= 4 is 21.7 Å². The maximum atomic E-state index is 13.1. The van der Waals surface area contributed by atoms with E-state index in [1.165, 1.54) is 28.6 Å². The van der Waals surface area contributed by atoms with E-state index in [1.54, 1.807) is 0 Å². The topological polar surface area (TPSA) is 136 Å². The molecule has 0 spiro atoms. The molecule has 2 aliphatic rings. The minimum atomic E-state index is -4.03. The van der Waals surface area contributed by atoms with Gasteiger partial charge in [-0.25, -0.2) is 12.7 Å². The largest absolute Gasteiger partial charge is 0.490 e. The third kappa shape index (κ3) is 3.82. The molecule has 11 heteroatoms. The Morgan fingerprint density at radius 2 is 1.79 bits per heavy atom. The Bertz CT molecular complexity index is 825. The number of piperidine rings is 1. The molecule has 28 heavy (non-hydrogen) atoms. The smallest absolute Gasteiger partial charge is 0.326 e. The number of carboxylic acids is 1. The SMILES string of the molecule is O=C(O)C1(S(=O)(=O)N2CCC(Oc3ccc([N+](=O)[O-])cc3)CC2)CCOCC1. The van der Waals surface area contributed by atoms with Crippen LogP contribution in [0.2, 0.25) is 0 Å². The summed E-state index contributed by atoms with van der Waals surface area (Å²) in [5, 5.41) is 20.3. The van der Waals surface area contributed by atoms with Crippen LogP contribution >= 0.6 is 0 Å². The fourth-order valence-corrected chi connectivity index (χ4v) is 5.65. The summed E-state index contributed by atoms with van der Waals surface area (Å²) in [5.41, 5.74) is -0.0382. The summed E-state index contributed by atoms with van der Waals surface area (Å²) in [6.07, 6.45) is 0.432. The van der Waals surface area contributed by atoms with Gasteiger partial charge in [-0.15, -0.1) is 0 Å². The molecule has 2 aliphatic heterocycles. The summed E-state index contributed by atoms with van der Waals surface area (Å²) in [4.78, 5) is 22.0. The summed E-state index contributed by atoms with van der Waals surface area (Å²) in [7, 11) is -4.03. The molecule has 0 amide bonds. The quantitative estimate of drug-likeness (QED) is 0.545. The van der Waals surface area contributed by atoms with Crippen molar-refractivity contribution in [2.45, 2.75) is 36.5 Å². The van der Waals surface area contributed by atoms with Gasteiger partial charge in [0, 0.05) is 51.3 Å². The average Bonchev–Trinajstić information content (AvgIpc) is 2.69. The maximum Gasteiger partial charge on any atom is 0.326 e. The Morgan fingerprint density at radius 1 is 1.21 bits per heavy atom.